The molecule has 2 amide bonds. The lowest BCUT2D eigenvalue weighted by atomic mass is 9.82. The quantitative estimate of drug-likeness (QED) is 0.520. The van der Waals surface area contributed by atoms with E-state index in [0.717, 1.165) is 0 Å². The Balaban J connectivity index is 2.26. The fourth-order valence-corrected chi connectivity index (χ4v) is 2.21. The summed E-state index contributed by atoms with van der Waals surface area (Å²) in [6.45, 7) is 1.60. The molecular formula is C9H7NO4. The molecule has 0 spiro atoms. The molecule has 3 aliphatic heterocycles. The molecule has 72 valence electrons. The molecule has 0 aromatic heterocycles. The number of ether oxygens (including phenoxy) is 1. The number of imide groups is 1. The van der Waals surface area contributed by atoms with Crippen LogP contribution in [0.2, 0.25) is 0 Å². The zero-order chi connectivity index (χ0) is 10.1. The van der Waals surface area contributed by atoms with Gasteiger partial charge in [0.15, 0.2) is 5.60 Å². The highest BCUT2D eigenvalue weighted by Gasteiger charge is 2.61. The van der Waals surface area contributed by atoms with Crippen molar-refractivity contribution in [3.63, 3.8) is 0 Å². The van der Waals surface area contributed by atoms with Gasteiger partial charge in [-0.3, -0.25) is 14.9 Å². The third kappa shape index (κ3) is 0.565. The Morgan fingerprint density at radius 2 is 2.29 bits per heavy atom. The molecular weight excluding hydrogens is 186 g/mol. The highest BCUT2D eigenvalue weighted by Crippen LogP contribution is 2.50. The van der Waals surface area contributed by atoms with E-state index in [0.29, 0.717) is 11.3 Å². The van der Waals surface area contributed by atoms with E-state index in [1.54, 1.807) is 6.92 Å². The van der Waals surface area contributed by atoms with E-state index >= 15 is 0 Å². The Kier molecular flexibility index (Phi) is 1.00. The van der Waals surface area contributed by atoms with Crippen LogP contribution in [0.1, 0.15) is 6.92 Å². The van der Waals surface area contributed by atoms with E-state index in [-0.39, 0.29) is 5.76 Å². The maximum atomic E-state index is 11.4. The number of hydrogen-bond acceptors (Lipinski definition) is 4. The van der Waals surface area contributed by atoms with Crippen LogP contribution in [-0.4, -0.2) is 22.5 Å². The molecule has 0 radical (unpaired) electrons. The van der Waals surface area contributed by atoms with Crippen LogP contribution in [0, 0.1) is 5.92 Å². The average Bonchev–Trinajstić information content (AvgIpc) is 2.62. The zero-order valence-corrected chi connectivity index (χ0v) is 7.33. The van der Waals surface area contributed by atoms with E-state index in [1.807, 2.05) is 0 Å². The van der Waals surface area contributed by atoms with Crippen LogP contribution >= 0.6 is 0 Å². The number of carbonyl (C=O) groups excluding carboxylic acids is 2. The molecule has 3 heterocycles. The summed E-state index contributed by atoms with van der Waals surface area (Å²) in [5.74, 6) is -1.18. The van der Waals surface area contributed by atoms with Gasteiger partial charge >= 0.3 is 0 Å². The molecule has 3 aliphatic rings. The van der Waals surface area contributed by atoms with Gasteiger partial charge in [0.25, 0.3) is 5.91 Å². The minimum Gasteiger partial charge on any atom is -0.508 e. The normalized spacial score (nSPS) is 38.4. The Bertz CT molecular complexity index is 448. The van der Waals surface area contributed by atoms with Gasteiger partial charge in [-0.2, -0.15) is 0 Å². The van der Waals surface area contributed by atoms with E-state index in [9.17, 15) is 14.7 Å². The zero-order valence-electron chi connectivity index (χ0n) is 7.33. The Hall–Kier alpha value is -1.78. The molecule has 0 aromatic rings. The minimum absolute atomic E-state index is 0.00565. The molecule has 2 bridgehead atoms. The molecule has 1 saturated heterocycles. The maximum absolute atomic E-state index is 11.4. The lowest BCUT2D eigenvalue weighted by molar-refractivity contribution is -0.129. The predicted octanol–water partition coefficient (Wildman–Crippen LogP) is -0.242. The standard InChI is InChI=1S/C9H7NO4/c1-9-4(11)2-3(14-9)5-6(9)8(13)10-7(5)12/h2,6,11H,1H3,(H,10,12,13). The van der Waals surface area contributed by atoms with E-state index < -0.39 is 23.3 Å². The SMILES string of the molecule is CC12OC(=C3C(=O)NC(=O)C31)C=C2O. The summed E-state index contributed by atoms with van der Waals surface area (Å²) >= 11 is 0. The lowest BCUT2D eigenvalue weighted by Crippen LogP contribution is -2.39. The first-order valence-corrected chi connectivity index (χ1v) is 4.23. The summed E-state index contributed by atoms with van der Waals surface area (Å²) in [7, 11) is 0. The summed E-state index contributed by atoms with van der Waals surface area (Å²) in [5, 5.41) is 11.7. The van der Waals surface area contributed by atoms with E-state index in [1.165, 1.54) is 6.08 Å². The van der Waals surface area contributed by atoms with Gasteiger partial charge in [0.1, 0.15) is 17.4 Å². The van der Waals surface area contributed by atoms with Crippen molar-refractivity contribution >= 4 is 11.8 Å². The molecule has 0 saturated carbocycles. The number of rotatable bonds is 0. The van der Waals surface area contributed by atoms with Crippen molar-refractivity contribution < 1.29 is 19.4 Å². The Morgan fingerprint density at radius 1 is 1.57 bits per heavy atom. The fourth-order valence-electron chi connectivity index (χ4n) is 2.21. The number of fused-ring (bicyclic) bond motifs is 4. The predicted molar refractivity (Wildman–Crippen MR) is 43.9 cm³/mol. The number of carbonyl (C=O) groups is 2. The largest absolute Gasteiger partial charge is 0.508 e. The minimum atomic E-state index is -1.07. The Morgan fingerprint density at radius 3 is 3.00 bits per heavy atom. The molecule has 5 nitrogen and oxygen atoms in total. The summed E-state index contributed by atoms with van der Waals surface area (Å²) in [6.07, 6.45) is 1.39. The van der Waals surface area contributed by atoms with Crippen molar-refractivity contribution in [3.8, 4) is 0 Å². The van der Waals surface area contributed by atoms with Crippen LogP contribution in [0.5, 0.6) is 0 Å². The average molecular weight is 193 g/mol. The molecule has 3 rings (SSSR count). The van der Waals surface area contributed by atoms with Gasteiger partial charge in [-0.25, -0.2) is 0 Å². The van der Waals surface area contributed by atoms with Gasteiger partial charge in [-0.1, -0.05) is 0 Å². The number of aliphatic hydroxyl groups is 1. The highest BCUT2D eigenvalue weighted by molar-refractivity contribution is 6.17. The van der Waals surface area contributed by atoms with Crippen LogP contribution in [-0.2, 0) is 14.3 Å². The fraction of sp³-hybridized carbons (Fsp3) is 0.333. The number of nitrogens with one attached hydrogen (secondary N) is 1. The second-order valence-electron chi connectivity index (χ2n) is 3.77. The third-order valence-corrected chi connectivity index (χ3v) is 2.95. The second-order valence-corrected chi connectivity index (χ2v) is 3.77. The number of allylic oxidation sites excluding steroid dienone is 1. The van der Waals surface area contributed by atoms with Gasteiger partial charge in [0, 0.05) is 6.08 Å². The summed E-state index contributed by atoms with van der Waals surface area (Å²) in [6, 6.07) is 0. The van der Waals surface area contributed by atoms with Crippen LogP contribution in [0.15, 0.2) is 23.2 Å². The molecule has 2 atom stereocenters. The van der Waals surface area contributed by atoms with Crippen molar-refractivity contribution in [3.05, 3.63) is 23.2 Å². The number of amides is 2. The second kappa shape index (κ2) is 1.84. The number of hydrogen-bond donors (Lipinski definition) is 2. The van der Waals surface area contributed by atoms with Crippen molar-refractivity contribution in [2.45, 2.75) is 12.5 Å². The molecule has 5 heteroatoms. The third-order valence-electron chi connectivity index (χ3n) is 2.95. The summed E-state index contributed by atoms with van der Waals surface area (Å²) in [5.41, 5.74) is -0.726. The molecule has 14 heavy (non-hydrogen) atoms. The topological polar surface area (TPSA) is 75.6 Å². The molecule has 1 fully saturated rings. The van der Waals surface area contributed by atoms with E-state index in [2.05, 4.69) is 5.32 Å². The smallest absolute Gasteiger partial charge is 0.258 e. The Labute approximate surface area is 79.0 Å². The van der Waals surface area contributed by atoms with Crippen LogP contribution in [0.4, 0.5) is 0 Å². The van der Waals surface area contributed by atoms with Gasteiger partial charge in [0.2, 0.25) is 5.91 Å². The van der Waals surface area contributed by atoms with Crippen molar-refractivity contribution in [1.82, 2.24) is 5.32 Å². The monoisotopic (exact) mass is 193 g/mol. The maximum Gasteiger partial charge on any atom is 0.258 e. The van der Waals surface area contributed by atoms with Gasteiger partial charge < -0.3 is 9.84 Å². The lowest BCUT2D eigenvalue weighted by Gasteiger charge is -2.24. The van der Waals surface area contributed by atoms with E-state index in [4.69, 9.17) is 4.74 Å². The molecule has 0 aliphatic carbocycles. The van der Waals surface area contributed by atoms with Crippen LogP contribution < -0.4 is 5.32 Å². The first-order chi connectivity index (χ1) is 6.54. The highest BCUT2D eigenvalue weighted by atomic mass is 16.5. The summed E-state index contributed by atoms with van der Waals surface area (Å²) in [4.78, 5) is 22.7. The van der Waals surface area contributed by atoms with Crippen LogP contribution in [0.3, 0.4) is 0 Å². The molecule has 0 aromatic carbocycles. The van der Waals surface area contributed by atoms with Crippen molar-refractivity contribution in [2.24, 2.45) is 5.92 Å². The van der Waals surface area contributed by atoms with Gasteiger partial charge in [-0.15, -0.1) is 0 Å². The first kappa shape index (κ1) is 7.61. The summed E-state index contributed by atoms with van der Waals surface area (Å²) < 4.78 is 5.34. The number of aliphatic hydroxyl groups excluding tert-OH is 1. The van der Waals surface area contributed by atoms with Gasteiger partial charge in [0.05, 0.1) is 5.57 Å². The molecule has 2 unspecified atom stereocenters. The van der Waals surface area contributed by atoms with Gasteiger partial charge in [-0.05, 0) is 6.92 Å². The van der Waals surface area contributed by atoms with Crippen molar-refractivity contribution in [1.29, 1.82) is 0 Å². The first-order valence-electron chi connectivity index (χ1n) is 4.23. The van der Waals surface area contributed by atoms with Crippen molar-refractivity contribution in [2.75, 3.05) is 0 Å². The van der Waals surface area contributed by atoms with Crippen LogP contribution in [0.25, 0.3) is 0 Å². The molecule has 2 N–H and O–H groups in total.